The summed E-state index contributed by atoms with van der Waals surface area (Å²) in [5.41, 5.74) is 0. The number of rotatable bonds is 2. The molecule has 4 heteroatoms. The lowest BCUT2D eigenvalue weighted by molar-refractivity contribution is -0.0130. The highest BCUT2D eigenvalue weighted by Crippen LogP contribution is 2.08. The first-order valence-corrected chi connectivity index (χ1v) is 3.39. The summed E-state index contributed by atoms with van der Waals surface area (Å²) >= 11 is 0. The SMILES string of the molecule is FC(F)CC1CNCCO1. The van der Waals surface area contributed by atoms with Gasteiger partial charge in [-0.15, -0.1) is 0 Å². The highest BCUT2D eigenvalue weighted by molar-refractivity contribution is 4.67. The molecule has 10 heavy (non-hydrogen) atoms. The van der Waals surface area contributed by atoms with Gasteiger partial charge in [-0.1, -0.05) is 0 Å². The number of nitrogens with one attached hydrogen (secondary N) is 1. The van der Waals surface area contributed by atoms with E-state index in [-0.39, 0.29) is 12.5 Å². The highest BCUT2D eigenvalue weighted by atomic mass is 19.3. The number of halogens is 2. The second-order valence-corrected chi connectivity index (χ2v) is 2.32. The minimum absolute atomic E-state index is 0.146. The summed E-state index contributed by atoms with van der Waals surface area (Å²) in [6.07, 6.45) is -2.67. The van der Waals surface area contributed by atoms with Gasteiger partial charge in [0.1, 0.15) is 0 Å². The summed E-state index contributed by atoms with van der Waals surface area (Å²) in [6, 6.07) is 0. The predicted octanol–water partition coefficient (Wildman–Crippen LogP) is 0.630. The molecule has 0 saturated carbocycles. The Hall–Kier alpha value is -0.220. The van der Waals surface area contributed by atoms with E-state index in [0.717, 1.165) is 6.54 Å². The fourth-order valence-electron chi connectivity index (χ4n) is 0.970. The topological polar surface area (TPSA) is 21.3 Å². The van der Waals surface area contributed by atoms with Gasteiger partial charge in [-0.05, 0) is 0 Å². The molecule has 0 amide bonds. The van der Waals surface area contributed by atoms with Crippen molar-refractivity contribution in [1.29, 1.82) is 0 Å². The molecular formula is C6H11F2NO. The molecule has 1 rings (SSSR count). The van der Waals surface area contributed by atoms with Crippen LogP contribution in [0.2, 0.25) is 0 Å². The van der Waals surface area contributed by atoms with Crippen molar-refractivity contribution in [2.75, 3.05) is 19.7 Å². The van der Waals surface area contributed by atoms with E-state index in [0.29, 0.717) is 13.2 Å². The van der Waals surface area contributed by atoms with Gasteiger partial charge < -0.3 is 10.1 Å². The lowest BCUT2D eigenvalue weighted by Gasteiger charge is -2.22. The molecule has 1 fully saturated rings. The van der Waals surface area contributed by atoms with Crippen LogP contribution in [0.5, 0.6) is 0 Å². The van der Waals surface area contributed by atoms with E-state index in [2.05, 4.69) is 5.32 Å². The van der Waals surface area contributed by atoms with E-state index in [1.54, 1.807) is 0 Å². The van der Waals surface area contributed by atoms with E-state index in [4.69, 9.17) is 4.74 Å². The van der Waals surface area contributed by atoms with Crippen LogP contribution < -0.4 is 5.32 Å². The van der Waals surface area contributed by atoms with E-state index in [9.17, 15) is 8.78 Å². The first kappa shape index (κ1) is 7.88. The molecule has 0 aromatic carbocycles. The fraction of sp³-hybridized carbons (Fsp3) is 1.00. The Balaban J connectivity index is 2.13. The van der Waals surface area contributed by atoms with Crippen molar-refractivity contribution in [3.8, 4) is 0 Å². The Morgan fingerprint density at radius 3 is 2.90 bits per heavy atom. The third kappa shape index (κ3) is 2.58. The van der Waals surface area contributed by atoms with Crippen LogP contribution in [0.25, 0.3) is 0 Å². The Kier molecular flexibility index (Phi) is 3.02. The third-order valence-electron chi connectivity index (χ3n) is 1.45. The molecule has 1 N–H and O–H groups in total. The summed E-state index contributed by atoms with van der Waals surface area (Å²) in [6.45, 7) is 1.89. The van der Waals surface area contributed by atoms with Crippen molar-refractivity contribution in [2.24, 2.45) is 0 Å². The van der Waals surface area contributed by atoms with Crippen LogP contribution in [0.4, 0.5) is 8.78 Å². The average molecular weight is 151 g/mol. The van der Waals surface area contributed by atoms with Gasteiger partial charge >= 0.3 is 0 Å². The summed E-state index contributed by atoms with van der Waals surface area (Å²) in [5, 5.41) is 2.98. The first-order chi connectivity index (χ1) is 4.79. The first-order valence-electron chi connectivity index (χ1n) is 3.39. The van der Waals surface area contributed by atoms with Gasteiger partial charge in [-0.25, -0.2) is 8.78 Å². The molecule has 1 heterocycles. The van der Waals surface area contributed by atoms with Crippen molar-refractivity contribution < 1.29 is 13.5 Å². The zero-order chi connectivity index (χ0) is 7.40. The molecular weight excluding hydrogens is 140 g/mol. The summed E-state index contributed by atoms with van der Waals surface area (Å²) in [4.78, 5) is 0. The molecule has 2 nitrogen and oxygen atoms in total. The number of hydrogen-bond donors (Lipinski definition) is 1. The summed E-state index contributed by atoms with van der Waals surface area (Å²) in [7, 11) is 0. The molecule has 1 atom stereocenters. The maximum atomic E-state index is 11.7. The highest BCUT2D eigenvalue weighted by Gasteiger charge is 2.17. The Labute approximate surface area is 58.6 Å². The molecule has 1 saturated heterocycles. The zero-order valence-electron chi connectivity index (χ0n) is 5.65. The Morgan fingerprint density at radius 1 is 1.60 bits per heavy atom. The number of morpholine rings is 1. The zero-order valence-corrected chi connectivity index (χ0v) is 5.65. The Bertz CT molecular complexity index is 93.7. The molecule has 0 radical (unpaired) electrons. The molecule has 1 aliphatic rings. The van der Waals surface area contributed by atoms with Crippen molar-refractivity contribution in [3.05, 3.63) is 0 Å². The minimum atomic E-state index is -2.25. The van der Waals surface area contributed by atoms with Crippen molar-refractivity contribution in [2.45, 2.75) is 19.0 Å². The van der Waals surface area contributed by atoms with Gasteiger partial charge in [-0.2, -0.15) is 0 Å². The van der Waals surface area contributed by atoms with Gasteiger partial charge in [-0.3, -0.25) is 0 Å². The monoisotopic (exact) mass is 151 g/mol. The molecule has 0 aromatic rings. The van der Waals surface area contributed by atoms with Crippen LogP contribution in [-0.4, -0.2) is 32.2 Å². The van der Waals surface area contributed by atoms with E-state index >= 15 is 0 Å². The normalized spacial score (nSPS) is 27.3. The summed E-state index contributed by atoms with van der Waals surface area (Å²) in [5.74, 6) is 0. The van der Waals surface area contributed by atoms with Gasteiger partial charge in [0.25, 0.3) is 0 Å². The fourth-order valence-corrected chi connectivity index (χ4v) is 0.970. The van der Waals surface area contributed by atoms with Crippen LogP contribution in [0.1, 0.15) is 6.42 Å². The van der Waals surface area contributed by atoms with Crippen molar-refractivity contribution in [3.63, 3.8) is 0 Å². The van der Waals surface area contributed by atoms with E-state index in [1.807, 2.05) is 0 Å². The average Bonchev–Trinajstić information content (AvgIpc) is 1.88. The second kappa shape index (κ2) is 3.83. The van der Waals surface area contributed by atoms with E-state index < -0.39 is 6.43 Å². The molecule has 0 bridgehead atoms. The van der Waals surface area contributed by atoms with Crippen molar-refractivity contribution in [1.82, 2.24) is 5.32 Å². The smallest absolute Gasteiger partial charge is 0.241 e. The largest absolute Gasteiger partial charge is 0.375 e. The van der Waals surface area contributed by atoms with Gasteiger partial charge in [0.05, 0.1) is 12.7 Å². The quantitative estimate of drug-likeness (QED) is 0.625. The lowest BCUT2D eigenvalue weighted by atomic mass is 10.2. The maximum absolute atomic E-state index is 11.7. The van der Waals surface area contributed by atoms with Gasteiger partial charge in [0.2, 0.25) is 6.43 Å². The van der Waals surface area contributed by atoms with Crippen LogP contribution in [0.3, 0.4) is 0 Å². The van der Waals surface area contributed by atoms with Gasteiger partial charge in [0.15, 0.2) is 0 Å². The van der Waals surface area contributed by atoms with Crippen LogP contribution in [0.15, 0.2) is 0 Å². The van der Waals surface area contributed by atoms with Gasteiger partial charge in [0, 0.05) is 19.5 Å². The maximum Gasteiger partial charge on any atom is 0.241 e. The molecule has 1 aliphatic heterocycles. The van der Waals surface area contributed by atoms with Crippen LogP contribution in [-0.2, 0) is 4.74 Å². The molecule has 60 valence electrons. The number of alkyl halides is 2. The summed E-state index contributed by atoms with van der Waals surface area (Å²) < 4.78 is 28.5. The Morgan fingerprint density at radius 2 is 2.40 bits per heavy atom. The number of ether oxygens (including phenoxy) is 1. The van der Waals surface area contributed by atoms with E-state index in [1.165, 1.54) is 0 Å². The standard InChI is InChI=1S/C6H11F2NO/c7-6(8)3-5-4-9-1-2-10-5/h5-6,9H,1-4H2. The molecule has 0 aromatic heterocycles. The molecule has 1 unspecified atom stereocenters. The lowest BCUT2D eigenvalue weighted by Crippen LogP contribution is -2.39. The van der Waals surface area contributed by atoms with Crippen LogP contribution in [0, 0.1) is 0 Å². The van der Waals surface area contributed by atoms with Crippen molar-refractivity contribution >= 4 is 0 Å². The third-order valence-corrected chi connectivity index (χ3v) is 1.45. The second-order valence-electron chi connectivity index (χ2n) is 2.32. The molecule has 0 spiro atoms. The van der Waals surface area contributed by atoms with Crippen LogP contribution >= 0.6 is 0 Å². The predicted molar refractivity (Wildman–Crippen MR) is 33.2 cm³/mol. The molecule has 0 aliphatic carbocycles. The minimum Gasteiger partial charge on any atom is -0.375 e. The number of hydrogen-bond acceptors (Lipinski definition) is 2.